The number of aromatic nitrogens is 1. The maximum absolute atomic E-state index is 12.7. The molecule has 0 atom stereocenters. The summed E-state index contributed by atoms with van der Waals surface area (Å²) < 4.78 is 5.71. The standard InChI is InChI=1S/C23H20N2O4/c26-22(27)21-11-14-12-25(10-9-20(14)24-21)23(28)29-13-19-17-7-3-1-5-15(17)16-6-2-4-8-18(16)19/h1-8,11,19,24H,9-10,12-13H2,(H,26,27). The van der Waals surface area contributed by atoms with Gasteiger partial charge in [0.2, 0.25) is 0 Å². The first-order valence-corrected chi connectivity index (χ1v) is 9.66. The fourth-order valence-corrected chi connectivity index (χ4v) is 4.39. The molecule has 5 rings (SSSR count). The van der Waals surface area contributed by atoms with Crippen molar-refractivity contribution < 1.29 is 19.4 Å². The van der Waals surface area contributed by atoms with E-state index in [1.54, 1.807) is 11.0 Å². The van der Waals surface area contributed by atoms with E-state index in [0.29, 0.717) is 19.5 Å². The number of carboxylic acids is 1. The number of aromatic amines is 1. The van der Waals surface area contributed by atoms with Gasteiger partial charge in [-0.15, -0.1) is 0 Å². The van der Waals surface area contributed by atoms with Gasteiger partial charge in [0.15, 0.2) is 0 Å². The summed E-state index contributed by atoms with van der Waals surface area (Å²) in [5.41, 5.74) is 6.62. The van der Waals surface area contributed by atoms with Crippen LogP contribution >= 0.6 is 0 Å². The van der Waals surface area contributed by atoms with E-state index in [1.807, 2.05) is 24.3 Å². The van der Waals surface area contributed by atoms with E-state index < -0.39 is 5.97 Å². The molecule has 0 unspecified atom stereocenters. The van der Waals surface area contributed by atoms with Crippen LogP contribution < -0.4 is 0 Å². The summed E-state index contributed by atoms with van der Waals surface area (Å²) >= 11 is 0. The van der Waals surface area contributed by atoms with Crippen LogP contribution in [0, 0.1) is 0 Å². The van der Waals surface area contributed by atoms with Gasteiger partial charge >= 0.3 is 12.1 Å². The number of amides is 1. The number of fused-ring (bicyclic) bond motifs is 4. The Balaban J connectivity index is 1.31. The Morgan fingerprint density at radius 1 is 1.07 bits per heavy atom. The van der Waals surface area contributed by atoms with Crippen molar-refractivity contribution >= 4 is 12.1 Å². The number of carbonyl (C=O) groups excluding carboxylic acids is 1. The van der Waals surface area contributed by atoms with Crippen molar-refractivity contribution in [3.63, 3.8) is 0 Å². The molecule has 2 N–H and O–H groups in total. The number of ether oxygens (including phenoxy) is 1. The summed E-state index contributed by atoms with van der Waals surface area (Å²) in [6.07, 6.45) is 0.225. The lowest BCUT2D eigenvalue weighted by molar-refractivity contribution is 0.0690. The Bertz CT molecular complexity index is 1070. The van der Waals surface area contributed by atoms with E-state index in [-0.39, 0.29) is 24.3 Å². The van der Waals surface area contributed by atoms with Gasteiger partial charge < -0.3 is 19.7 Å². The van der Waals surface area contributed by atoms with Crippen LogP contribution in [0.15, 0.2) is 54.6 Å². The number of carboxylic acid groups (broad SMARTS) is 1. The highest BCUT2D eigenvalue weighted by molar-refractivity contribution is 5.86. The normalized spacial score (nSPS) is 14.8. The minimum absolute atomic E-state index is 0.0255. The van der Waals surface area contributed by atoms with Crippen molar-refractivity contribution in [3.05, 3.63) is 82.7 Å². The lowest BCUT2D eigenvalue weighted by atomic mass is 9.98. The van der Waals surface area contributed by atoms with Crippen LogP contribution in [0.5, 0.6) is 0 Å². The second kappa shape index (κ2) is 6.81. The van der Waals surface area contributed by atoms with Crippen molar-refractivity contribution in [1.82, 2.24) is 9.88 Å². The summed E-state index contributed by atoms with van der Waals surface area (Å²) in [6, 6.07) is 18.1. The molecule has 0 saturated heterocycles. The third-order valence-corrected chi connectivity index (χ3v) is 5.81. The number of nitrogens with one attached hydrogen (secondary N) is 1. The average Bonchev–Trinajstić information content (AvgIpc) is 3.31. The Kier molecular flexibility index (Phi) is 4.12. The van der Waals surface area contributed by atoms with Crippen molar-refractivity contribution in [2.24, 2.45) is 0 Å². The number of rotatable bonds is 3. The quantitative estimate of drug-likeness (QED) is 0.710. The van der Waals surface area contributed by atoms with Gasteiger partial charge in [0.25, 0.3) is 0 Å². The molecule has 2 heterocycles. The molecule has 1 aliphatic heterocycles. The Labute approximate surface area is 167 Å². The van der Waals surface area contributed by atoms with Gasteiger partial charge in [-0.2, -0.15) is 0 Å². The van der Waals surface area contributed by atoms with Crippen LogP contribution in [-0.2, 0) is 17.7 Å². The number of H-pyrrole nitrogens is 1. The zero-order chi connectivity index (χ0) is 20.0. The van der Waals surface area contributed by atoms with Crippen LogP contribution in [0.2, 0.25) is 0 Å². The monoisotopic (exact) mass is 388 g/mol. The molecule has 2 aromatic carbocycles. The second-order valence-electron chi connectivity index (χ2n) is 7.47. The molecule has 0 bridgehead atoms. The molecule has 0 spiro atoms. The van der Waals surface area contributed by atoms with E-state index in [9.17, 15) is 9.59 Å². The van der Waals surface area contributed by atoms with Crippen LogP contribution in [-0.4, -0.2) is 40.2 Å². The van der Waals surface area contributed by atoms with Crippen LogP contribution in [0.3, 0.4) is 0 Å². The molecule has 6 nitrogen and oxygen atoms in total. The molecular weight excluding hydrogens is 368 g/mol. The molecule has 29 heavy (non-hydrogen) atoms. The third kappa shape index (κ3) is 2.97. The van der Waals surface area contributed by atoms with Crippen molar-refractivity contribution in [3.8, 4) is 11.1 Å². The molecule has 0 fully saturated rings. The van der Waals surface area contributed by atoms with Gasteiger partial charge in [0.05, 0.1) is 6.54 Å². The Morgan fingerprint density at radius 2 is 1.72 bits per heavy atom. The topological polar surface area (TPSA) is 82.6 Å². The van der Waals surface area contributed by atoms with Crippen molar-refractivity contribution in [2.75, 3.05) is 13.2 Å². The van der Waals surface area contributed by atoms with Gasteiger partial charge in [-0.1, -0.05) is 48.5 Å². The number of hydrogen-bond donors (Lipinski definition) is 2. The first kappa shape index (κ1) is 17.6. The zero-order valence-electron chi connectivity index (χ0n) is 15.7. The summed E-state index contributed by atoms with van der Waals surface area (Å²) in [6.45, 7) is 1.14. The lowest BCUT2D eigenvalue weighted by Crippen LogP contribution is -2.36. The predicted molar refractivity (Wildman–Crippen MR) is 107 cm³/mol. The number of carbonyl (C=O) groups is 2. The van der Waals surface area contributed by atoms with E-state index in [0.717, 1.165) is 11.3 Å². The van der Waals surface area contributed by atoms with E-state index in [4.69, 9.17) is 9.84 Å². The third-order valence-electron chi connectivity index (χ3n) is 5.81. The predicted octanol–water partition coefficient (Wildman–Crippen LogP) is 4.02. The molecule has 2 aliphatic rings. The molecule has 3 aromatic rings. The number of benzene rings is 2. The molecule has 1 aromatic heterocycles. The fraction of sp³-hybridized carbons (Fsp3) is 0.217. The molecule has 146 valence electrons. The maximum atomic E-state index is 12.7. The van der Waals surface area contributed by atoms with Crippen LogP contribution in [0.25, 0.3) is 11.1 Å². The molecule has 1 amide bonds. The Morgan fingerprint density at radius 3 is 2.38 bits per heavy atom. The first-order chi connectivity index (χ1) is 14.1. The second-order valence-corrected chi connectivity index (χ2v) is 7.47. The smallest absolute Gasteiger partial charge is 0.410 e. The van der Waals surface area contributed by atoms with Gasteiger partial charge in [-0.3, -0.25) is 0 Å². The fourth-order valence-electron chi connectivity index (χ4n) is 4.39. The molecule has 0 radical (unpaired) electrons. The average molecular weight is 388 g/mol. The molecule has 1 aliphatic carbocycles. The van der Waals surface area contributed by atoms with Gasteiger partial charge in [0.1, 0.15) is 12.3 Å². The highest BCUT2D eigenvalue weighted by Gasteiger charge is 2.30. The number of hydrogen-bond acceptors (Lipinski definition) is 3. The molecular formula is C23H20N2O4. The molecule has 6 heteroatoms. The summed E-state index contributed by atoms with van der Waals surface area (Å²) in [7, 11) is 0. The highest BCUT2D eigenvalue weighted by Crippen LogP contribution is 2.44. The summed E-state index contributed by atoms with van der Waals surface area (Å²) in [5.74, 6) is -0.968. The van der Waals surface area contributed by atoms with E-state index in [2.05, 4.69) is 29.2 Å². The van der Waals surface area contributed by atoms with Gasteiger partial charge in [-0.05, 0) is 33.9 Å². The summed E-state index contributed by atoms with van der Waals surface area (Å²) in [5, 5.41) is 9.14. The van der Waals surface area contributed by atoms with E-state index >= 15 is 0 Å². The summed E-state index contributed by atoms with van der Waals surface area (Å²) in [4.78, 5) is 28.4. The minimum atomic E-state index is -0.993. The highest BCUT2D eigenvalue weighted by atomic mass is 16.6. The van der Waals surface area contributed by atoms with Crippen molar-refractivity contribution in [1.29, 1.82) is 0 Å². The van der Waals surface area contributed by atoms with Crippen LogP contribution in [0.1, 0.15) is 38.8 Å². The first-order valence-electron chi connectivity index (χ1n) is 9.66. The van der Waals surface area contributed by atoms with Crippen molar-refractivity contribution in [2.45, 2.75) is 18.9 Å². The number of nitrogens with zero attached hydrogens (tertiary/aromatic N) is 1. The van der Waals surface area contributed by atoms with Crippen LogP contribution in [0.4, 0.5) is 4.79 Å². The SMILES string of the molecule is O=C(O)c1cc2c([nH]1)CCN(C(=O)OCC1c3ccccc3-c3ccccc31)C2. The minimum Gasteiger partial charge on any atom is -0.477 e. The van der Waals surface area contributed by atoms with E-state index in [1.165, 1.54) is 22.3 Å². The van der Waals surface area contributed by atoms with Gasteiger partial charge in [0, 0.05) is 24.6 Å². The Hall–Kier alpha value is -3.54. The van der Waals surface area contributed by atoms with Gasteiger partial charge in [-0.25, -0.2) is 9.59 Å². The largest absolute Gasteiger partial charge is 0.477 e. The molecule has 0 saturated carbocycles. The lowest BCUT2D eigenvalue weighted by Gasteiger charge is -2.27. The maximum Gasteiger partial charge on any atom is 0.410 e. The zero-order valence-corrected chi connectivity index (χ0v) is 15.7. The number of aromatic carboxylic acids is 1.